The zero-order valence-corrected chi connectivity index (χ0v) is 16.8. The second-order valence-electron chi connectivity index (χ2n) is 7.05. The van der Waals surface area contributed by atoms with E-state index in [1.54, 1.807) is 29.7 Å². The number of rotatable bonds is 7. The molecule has 7 heteroatoms. The lowest BCUT2D eigenvalue weighted by Crippen LogP contribution is -2.46. The van der Waals surface area contributed by atoms with Gasteiger partial charge in [-0.25, -0.2) is 4.39 Å². The van der Waals surface area contributed by atoms with Gasteiger partial charge in [0.05, 0.1) is 32.5 Å². The first-order valence-electron chi connectivity index (χ1n) is 9.59. The minimum Gasteiger partial charge on any atom is -0.468 e. The highest BCUT2D eigenvalue weighted by Crippen LogP contribution is 2.23. The molecule has 0 saturated carbocycles. The van der Waals surface area contributed by atoms with Gasteiger partial charge in [0.1, 0.15) is 17.7 Å². The van der Waals surface area contributed by atoms with Gasteiger partial charge in [-0.3, -0.25) is 9.69 Å². The number of benzene rings is 1. The van der Waals surface area contributed by atoms with Crippen molar-refractivity contribution in [1.82, 2.24) is 9.80 Å². The Bertz CT molecular complexity index is 861. The van der Waals surface area contributed by atoms with E-state index in [4.69, 9.17) is 9.15 Å². The van der Waals surface area contributed by atoms with E-state index >= 15 is 0 Å². The predicted molar refractivity (Wildman–Crippen MR) is 109 cm³/mol. The van der Waals surface area contributed by atoms with E-state index < -0.39 is 0 Å². The number of morpholine rings is 1. The predicted octanol–water partition coefficient (Wildman–Crippen LogP) is 4.08. The summed E-state index contributed by atoms with van der Waals surface area (Å²) in [7, 11) is 0. The number of furan rings is 1. The van der Waals surface area contributed by atoms with Crippen LogP contribution in [0.1, 0.15) is 22.3 Å². The zero-order chi connectivity index (χ0) is 20.1. The SMILES string of the molecule is O=C(CN(Cc1ccco1)Cc1cccs1)N1CCOC(c2ccc(F)cc2)C1. The van der Waals surface area contributed by atoms with Crippen molar-refractivity contribution in [2.45, 2.75) is 19.2 Å². The number of ether oxygens (including phenoxy) is 1. The van der Waals surface area contributed by atoms with Crippen LogP contribution in [0, 0.1) is 5.82 Å². The van der Waals surface area contributed by atoms with Crippen molar-refractivity contribution in [1.29, 1.82) is 0 Å². The maximum absolute atomic E-state index is 13.2. The van der Waals surface area contributed by atoms with Crippen LogP contribution in [0.2, 0.25) is 0 Å². The van der Waals surface area contributed by atoms with Crippen molar-refractivity contribution in [3.8, 4) is 0 Å². The normalized spacial score (nSPS) is 17.0. The monoisotopic (exact) mass is 414 g/mol. The summed E-state index contributed by atoms with van der Waals surface area (Å²) in [5, 5.41) is 2.04. The molecule has 1 aromatic carbocycles. The Balaban J connectivity index is 1.41. The highest BCUT2D eigenvalue weighted by atomic mass is 32.1. The highest BCUT2D eigenvalue weighted by molar-refractivity contribution is 7.09. The molecule has 1 amide bonds. The number of amides is 1. The van der Waals surface area contributed by atoms with Gasteiger partial charge in [0.25, 0.3) is 0 Å². The fraction of sp³-hybridized carbons (Fsp3) is 0.318. The zero-order valence-electron chi connectivity index (χ0n) is 16.0. The molecule has 1 aliphatic heterocycles. The lowest BCUT2D eigenvalue weighted by Gasteiger charge is -2.34. The smallest absolute Gasteiger partial charge is 0.236 e. The molecule has 1 unspecified atom stereocenters. The van der Waals surface area contributed by atoms with Gasteiger partial charge in [0, 0.05) is 18.0 Å². The summed E-state index contributed by atoms with van der Waals surface area (Å²) in [6.45, 7) is 3.06. The van der Waals surface area contributed by atoms with Gasteiger partial charge in [0.15, 0.2) is 0 Å². The summed E-state index contributed by atoms with van der Waals surface area (Å²) in [4.78, 5) is 18.2. The molecule has 0 radical (unpaired) electrons. The molecule has 4 rings (SSSR count). The molecule has 29 heavy (non-hydrogen) atoms. The van der Waals surface area contributed by atoms with E-state index in [0.717, 1.165) is 11.3 Å². The van der Waals surface area contributed by atoms with Gasteiger partial charge in [-0.1, -0.05) is 18.2 Å². The molecule has 1 fully saturated rings. The molecule has 152 valence electrons. The molecular weight excluding hydrogens is 391 g/mol. The summed E-state index contributed by atoms with van der Waals surface area (Å²) in [6.07, 6.45) is 1.42. The molecule has 0 N–H and O–H groups in total. The Labute approximate surface area is 173 Å². The van der Waals surface area contributed by atoms with Crippen LogP contribution < -0.4 is 0 Å². The van der Waals surface area contributed by atoms with E-state index in [0.29, 0.717) is 39.3 Å². The van der Waals surface area contributed by atoms with Crippen LogP contribution in [-0.2, 0) is 22.6 Å². The molecular formula is C22H23FN2O3S. The Hall–Kier alpha value is -2.48. The van der Waals surface area contributed by atoms with Gasteiger partial charge in [0.2, 0.25) is 5.91 Å². The molecule has 2 aromatic heterocycles. The maximum atomic E-state index is 13.2. The van der Waals surface area contributed by atoms with Crippen LogP contribution in [0.15, 0.2) is 64.6 Å². The molecule has 3 aromatic rings. The summed E-state index contributed by atoms with van der Waals surface area (Å²) in [6, 6.07) is 14.1. The van der Waals surface area contributed by atoms with Gasteiger partial charge >= 0.3 is 0 Å². The fourth-order valence-corrected chi connectivity index (χ4v) is 4.21. The van der Waals surface area contributed by atoms with Crippen molar-refractivity contribution in [2.75, 3.05) is 26.2 Å². The summed E-state index contributed by atoms with van der Waals surface area (Å²) in [5.41, 5.74) is 0.884. The van der Waals surface area contributed by atoms with Crippen molar-refractivity contribution in [3.63, 3.8) is 0 Å². The van der Waals surface area contributed by atoms with Crippen LogP contribution in [0.4, 0.5) is 4.39 Å². The van der Waals surface area contributed by atoms with E-state index in [1.165, 1.54) is 17.0 Å². The quantitative estimate of drug-likeness (QED) is 0.584. The van der Waals surface area contributed by atoms with Crippen LogP contribution in [-0.4, -0.2) is 41.9 Å². The average molecular weight is 415 g/mol. The first kappa shape index (κ1) is 19.8. The highest BCUT2D eigenvalue weighted by Gasteiger charge is 2.27. The summed E-state index contributed by atoms with van der Waals surface area (Å²) >= 11 is 1.68. The van der Waals surface area contributed by atoms with E-state index in [9.17, 15) is 9.18 Å². The van der Waals surface area contributed by atoms with Crippen molar-refractivity contribution < 1.29 is 18.3 Å². The van der Waals surface area contributed by atoms with Gasteiger partial charge < -0.3 is 14.1 Å². The fourth-order valence-electron chi connectivity index (χ4n) is 3.46. The lowest BCUT2D eigenvalue weighted by molar-refractivity contribution is -0.140. The molecule has 0 spiro atoms. The summed E-state index contributed by atoms with van der Waals surface area (Å²) < 4.78 is 24.5. The minimum absolute atomic E-state index is 0.0588. The third-order valence-corrected chi connectivity index (χ3v) is 5.80. The van der Waals surface area contributed by atoms with Gasteiger partial charge in [-0.15, -0.1) is 11.3 Å². The van der Waals surface area contributed by atoms with E-state index in [1.807, 2.05) is 28.5 Å². The number of thiophene rings is 1. The van der Waals surface area contributed by atoms with Crippen molar-refractivity contribution in [2.24, 2.45) is 0 Å². The molecule has 5 nitrogen and oxygen atoms in total. The molecule has 1 aliphatic rings. The second kappa shape index (κ2) is 9.35. The summed E-state index contributed by atoms with van der Waals surface area (Å²) in [5.74, 6) is 0.615. The van der Waals surface area contributed by atoms with Crippen LogP contribution >= 0.6 is 11.3 Å². The number of halogens is 1. The van der Waals surface area contributed by atoms with Gasteiger partial charge in [-0.2, -0.15) is 0 Å². The van der Waals surface area contributed by atoms with E-state index in [2.05, 4.69) is 11.0 Å². The Morgan fingerprint density at radius 2 is 2.03 bits per heavy atom. The molecule has 3 heterocycles. The second-order valence-corrected chi connectivity index (χ2v) is 8.09. The number of nitrogens with zero attached hydrogens (tertiary/aromatic N) is 2. The number of carbonyl (C=O) groups is 1. The number of hydrogen-bond acceptors (Lipinski definition) is 5. The largest absolute Gasteiger partial charge is 0.468 e. The first-order chi connectivity index (χ1) is 14.2. The van der Waals surface area contributed by atoms with Crippen LogP contribution in [0.5, 0.6) is 0 Å². The Morgan fingerprint density at radius 3 is 2.76 bits per heavy atom. The third kappa shape index (κ3) is 5.32. The number of carbonyl (C=O) groups excluding carboxylic acids is 1. The van der Waals surface area contributed by atoms with Crippen molar-refractivity contribution in [3.05, 3.63) is 82.2 Å². The molecule has 0 aliphatic carbocycles. The van der Waals surface area contributed by atoms with Gasteiger partial charge in [-0.05, 0) is 41.3 Å². The average Bonchev–Trinajstić information content (AvgIpc) is 3.43. The number of hydrogen-bond donors (Lipinski definition) is 0. The van der Waals surface area contributed by atoms with Crippen LogP contribution in [0.25, 0.3) is 0 Å². The maximum Gasteiger partial charge on any atom is 0.236 e. The molecule has 1 saturated heterocycles. The topological polar surface area (TPSA) is 45.9 Å². The Morgan fingerprint density at radius 1 is 1.17 bits per heavy atom. The third-order valence-electron chi connectivity index (χ3n) is 4.94. The van der Waals surface area contributed by atoms with E-state index in [-0.39, 0.29) is 17.8 Å². The van der Waals surface area contributed by atoms with Crippen molar-refractivity contribution >= 4 is 17.2 Å². The van der Waals surface area contributed by atoms with Crippen LogP contribution in [0.3, 0.4) is 0 Å². The minimum atomic E-state index is -0.278. The molecule has 0 bridgehead atoms. The Kier molecular flexibility index (Phi) is 6.39. The standard InChI is InChI=1S/C22H23FN2O3S/c23-18-7-5-17(6-8-18)21-15-25(9-11-28-21)22(26)16-24(13-19-3-1-10-27-19)14-20-4-2-12-29-20/h1-8,10,12,21H,9,11,13-16H2. The first-order valence-corrected chi connectivity index (χ1v) is 10.5. The lowest BCUT2D eigenvalue weighted by atomic mass is 10.1. The molecule has 1 atom stereocenters.